The molecule has 0 spiro atoms. The Balaban J connectivity index is 2.58. The van der Waals surface area contributed by atoms with Crippen LogP contribution < -0.4 is 9.88 Å². The summed E-state index contributed by atoms with van der Waals surface area (Å²) in [6, 6.07) is 8.72. The molecule has 1 aromatic rings. The zero-order valence-electron chi connectivity index (χ0n) is 10.9. The third-order valence-corrected chi connectivity index (χ3v) is 3.57. The van der Waals surface area contributed by atoms with Crippen LogP contribution in [0.5, 0.6) is 5.75 Å². The van der Waals surface area contributed by atoms with Crippen LogP contribution in [-0.2, 0) is 10.0 Å². The summed E-state index contributed by atoms with van der Waals surface area (Å²) in [5.74, 6) is 0.432. The highest BCUT2D eigenvalue weighted by atomic mass is 32.2. The fraction of sp³-hybridized carbons (Fsp3) is 0.462. The predicted octanol–water partition coefficient (Wildman–Crippen LogP) is 1.64. The molecule has 1 atom stereocenters. The van der Waals surface area contributed by atoms with Gasteiger partial charge < -0.3 is 4.74 Å². The van der Waals surface area contributed by atoms with Crippen LogP contribution in [0.1, 0.15) is 25.3 Å². The van der Waals surface area contributed by atoms with E-state index < -0.39 is 10.0 Å². The third-order valence-electron chi connectivity index (χ3n) is 2.63. The van der Waals surface area contributed by atoms with Gasteiger partial charge in [0.15, 0.2) is 0 Å². The average molecular weight is 282 g/mol. The molecule has 6 heteroatoms. The lowest BCUT2D eigenvalue weighted by Gasteiger charge is -2.15. The van der Waals surface area contributed by atoms with Crippen molar-refractivity contribution in [2.24, 2.45) is 11.1 Å². The van der Waals surface area contributed by atoms with Crippen LogP contribution in [-0.4, -0.2) is 20.8 Å². The van der Waals surface area contributed by atoms with E-state index >= 15 is 0 Å². The minimum Gasteiger partial charge on any atom is -0.493 e. The fourth-order valence-electron chi connectivity index (χ4n) is 1.79. The van der Waals surface area contributed by atoms with Gasteiger partial charge in [0.25, 0.3) is 0 Å². The van der Waals surface area contributed by atoms with Crippen LogP contribution in [0, 0.1) is 17.2 Å². The summed E-state index contributed by atoms with van der Waals surface area (Å²) in [6.45, 7) is 2.29. The smallest absolute Gasteiger partial charge is 0.209 e. The molecule has 0 saturated heterocycles. The van der Waals surface area contributed by atoms with Crippen LogP contribution in [0.15, 0.2) is 24.3 Å². The molecule has 0 saturated carbocycles. The summed E-state index contributed by atoms with van der Waals surface area (Å²) in [6.07, 6.45) is 1.61. The number of nitrogens with zero attached hydrogens (tertiary/aromatic N) is 1. The van der Waals surface area contributed by atoms with Crippen molar-refractivity contribution in [3.63, 3.8) is 0 Å². The molecule has 0 radical (unpaired) electrons. The minimum absolute atomic E-state index is 0.0723. The van der Waals surface area contributed by atoms with E-state index in [9.17, 15) is 8.42 Å². The molecule has 0 fully saturated rings. The second-order valence-electron chi connectivity index (χ2n) is 4.43. The van der Waals surface area contributed by atoms with E-state index in [1.165, 1.54) is 0 Å². The summed E-state index contributed by atoms with van der Waals surface area (Å²) in [4.78, 5) is 0. The molecule has 0 heterocycles. The number of nitriles is 1. The molecule has 104 valence electrons. The first-order valence-electron chi connectivity index (χ1n) is 6.08. The van der Waals surface area contributed by atoms with Gasteiger partial charge in [0.2, 0.25) is 10.0 Å². The molecule has 1 aromatic carbocycles. The summed E-state index contributed by atoms with van der Waals surface area (Å²) in [5.41, 5.74) is 0.557. The van der Waals surface area contributed by atoms with Crippen molar-refractivity contribution >= 4 is 10.0 Å². The Labute approximate surface area is 114 Å². The number of rotatable bonds is 7. The highest BCUT2D eigenvalue weighted by Gasteiger charge is 2.16. The molecular weight excluding hydrogens is 264 g/mol. The first kappa shape index (κ1) is 15.5. The number of benzene rings is 1. The Bertz CT molecular complexity index is 532. The monoisotopic (exact) mass is 282 g/mol. The van der Waals surface area contributed by atoms with Crippen molar-refractivity contribution in [2.75, 3.05) is 12.4 Å². The average Bonchev–Trinajstić information content (AvgIpc) is 2.35. The number of sulfonamides is 1. The normalized spacial score (nSPS) is 12.7. The molecule has 1 unspecified atom stereocenters. The molecule has 0 bridgehead atoms. The van der Waals surface area contributed by atoms with E-state index in [2.05, 4.69) is 0 Å². The van der Waals surface area contributed by atoms with Crippen molar-refractivity contribution in [3.05, 3.63) is 29.8 Å². The number of hydrogen-bond donors (Lipinski definition) is 1. The first-order chi connectivity index (χ1) is 8.94. The van der Waals surface area contributed by atoms with E-state index in [1.54, 1.807) is 24.3 Å². The number of nitrogens with two attached hydrogens (primary N) is 1. The summed E-state index contributed by atoms with van der Waals surface area (Å²) < 4.78 is 27.7. The van der Waals surface area contributed by atoms with Gasteiger partial charge >= 0.3 is 0 Å². The van der Waals surface area contributed by atoms with E-state index in [4.69, 9.17) is 15.1 Å². The summed E-state index contributed by atoms with van der Waals surface area (Å²) >= 11 is 0. The zero-order chi connectivity index (χ0) is 14.3. The predicted molar refractivity (Wildman–Crippen MR) is 73.0 cm³/mol. The lowest BCUT2D eigenvalue weighted by atomic mass is 10.1. The minimum atomic E-state index is -3.48. The van der Waals surface area contributed by atoms with Crippen molar-refractivity contribution in [2.45, 2.75) is 19.8 Å². The Morgan fingerprint density at radius 2 is 2.00 bits per heavy atom. The molecule has 0 aliphatic carbocycles. The maximum atomic E-state index is 11.1. The lowest BCUT2D eigenvalue weighted by Crippen LogP contribution is -2.26. The van der Waals surface area contributed by atoms with Crippen molar-refractivity contribution in [1.82, 2.24) is 0 Å². The molecule has 0 aliphatic heterocycles. The first-order valence-corrected chi connectivity index (χ1v) is 7.79. The molecule has 0 amide bonds. The second kappa shape index (κ2) is 7.12. The van der Waals surface area contributed by atoms with Gasteiger partial charge in [0.05, 0.1) is 24.0 Å². The Morgan fingerprint density at radius 1 is 1.37 bits per heavy atom. The second-order valence-corrected chi connectivity index (χ2v) is 6.09. The summed E-state index contributed by atoms with van der Waals surface area (Å²) in [7, 11) is -3.48. The Morgan fingerprint density at radius 3 is 2.47 bits per heavy atom. The van der Waals surface area contributed by atoms with Crippen molar-refractivity contribution in [3.8, 4) is 11.8 Å². The SMILES string of the molecule is CCCC(COc1ccc(C#N)cc1)CS(N)(=O)=O. The van der Waals surface area contributed by atoms with Gasteiger partial charge in [0, 0.05) is 5.92 Å². The van der Waals surface area contributed by atoms with Gasteiger partial charge in [-0.15, -0.1) is 0 Å². The Hall–Kier alpha value is -1.58. The van der Waals surface area contributed by atoms with Crippen LogP contribution in [0.2, 0.25) is 0 Å². The van der Waals surface area contributed by atoms with Crippen LogP contribution in [0.4, 0.5) is 0 Å². The zero-order valence-corrected chi connectivity index (χ0v) is 11.7. The maximum absolute atomic E-state index is 11.1. The van der Waals surface area contributed by atoms with E-state index in [1.807, 2.05) is 13.0 Å². The quantitative estimate of drug-likeness (QED) is 0.822. The topological polar surface area (TPSA) is 93.2 Å². The van der Waals surface area contributed by atoms with E-state index in [0.29, 0.717) is 17.9 Å². The molecule has 1 rings (SSSR count). The number of primary sulfonamides is 1. The number of ether oxygens (including phenoxy) is 1. The third kappa shape index (κ3) is 6.22. The Kier molecular flexibility index (Phi) is 5.80. The molecular formula is C13H18N2O3S. The van der Waals surface area contributed by atoms with Crippen LogP contribution >= 0.6 is 0 Å². The largest absolute Gasteiger partial charge is 0.493 e. The standard InChI is InChI=1S/C13H18N2O3S/c1-2-3-12(10-19(15,16)17)9-18-13-6-4-11(8-14)5-7-13/h4-7,12H,2-3,9-10H2,1H3,(H2,15,16,17). The lowest BCUT2D eigenvalue weighted by molar-refractivity contribution is 0.252. The van der Waals surface area contributed by atoms with Gasteiger partial charge in [-0.2, -0.15) is 5.26 Å². The molecule has 5 nitrogen and oxygen atoms in total. The van der Waals surface area contributed by atoms with Crippen LogP contribution in [0.3, 0.4) is 0 Å². The van der Waals surface area contributed by atoms with E-state index in [-0.39, 0.29) is 11.7 Å². The molecule has 19 heavy (non-hydrogen) atoms. The van der Waals surface area contributed by atoms with Gasteiger partial charge in [-0.1, -0.05) is 13.3 Å². The van der Waals surface area contributed by atoms with Gasteiger partial charge in [0.1, 0.15) is 5.75 Å². The highest BCUT2D eigenvalue weighted by Crippen LogP contribution is 2.15. The van der Waals surface area contributed by atoms with E-state index in [0.717, 1.165) is 12.8 Å². The number of hydrogen-bond acceptors (Lipinski definition) is 4. The maximum Gasteiger partial charge on any atom is 0.209 e. The molecule has 0 aromatic heterocycles. The summed E-state index contributed by atoms with van der Waals surface area (Å²) in [5, 5.41) is 13.7. The van der Waals surface area contributed by atoms with Gasteiger partial charge in [-0.05, 0) is 30.7 Å². The molecule has 0 aliphatic rings. The van der Waals surface area contributed by atoms with Gasteiger partial charge in [-0.3, -0.25) is 0 Å². The highest BCUT2D eigenvalue weighted by molar-refractivity contribution is 7.89. The van der Waals surface area contributed by atoms with Crippen molar-refractivity contribution in [1.29, 1.82) is 5.26 Å². The molecule has 2 N–H and O–H groups in total. The van der Waals surface area contributed by atoms with Gasteiger partial charge in [-0.25, -0.2) is 13.6 Å². The van der Waals surface area contributed by atoms with Crippen molar-refractivity contribution < 1.29 is 13.2 Å². The fourth-order valence-corrected chi connectivity index (χ4v) is 2.71. The van der Waals surface area contributed by atoms with Crippen LogP contribution in [0.25, 0.3) is 0 Å².